The average Bonchev–Trinajstić information content (AvgIpc) is 2.26. The van der Waals surface area contributed by atoms with Crippen LogP contribution in [-0.2, 0) is 9.53 Å². The van der Waals surface area contributed by atoms with Crippen LogP contribution in [-0.4, -0.2) is 73.9 Å². The van der Waals surface area contributed by atoms with Gasteiger partial charge in [0.05, 0.1) is 13.2 Å². The predicted molar refractivity (Wildman–Crippen MR) is 61.6 cm³/mol. The number of rotatable bonds is 6. The summed E-state index contributed by atoms with van der Waals surface area (Å²) in [6.45, 7) is 3.86. The summed E-state index contributed by atoms with van der Waals surface area (Å²) >= 11 is 0. The molecule has 94 valence electrons. The highest BCUT2D eigenvalue weighted by Gasteiger charge is 2.23. The Kier molecular flexibility index (Phi) is 5.73. The van der Waals surface area contributed by atoms with Gasteiger partial charge in [-0.1, -0.05) is 0 Å². The van der Waals surface area contributed by atoms with Crippen molar-refractivity contribution in [3.05, 3.63) is 0 Å². The van der Waals surface area contributed by atoms with Crippen molar-refractivity contribution < 1.29 is 14.6 Å². The molecule has 1 aliphatic heterocycles. The summed E-state index contributed by atoms with van der Waals surface area (Å²) in [4.78, 5) is 14.9. The Bertz CT molecular complexity index is 223. The summed E-state index contributed by atoms with van der Waals surface area (Å²) < 4.78 is 5.06. The maximum absolute atomic E-state index is 10.6. The Labute approximate surface area is 97.0 Å². The van der Waals surface area contributed by atoms with E-state index in [1.54, 1.807) is 7.11 Å². The molecule has 0 aromatic carbocycles. The number of likely N-dealkylation sites (N-methyl/N-ethyl adjacent to an activating group) is 1. The molecule has 0 aliphatic carbocycles. The third-order valence-corrected chi connectivity index (χ3v) is 3.10. The number of nitrogens with zero attached hydrogens (tertiary/aromatic N) is 2. The van der Waals surface area contributed by atoms with Crippen molar-refractivity contribution in [3.63, 3.8) is 0 Å². The fourth-order valence-corrected chi connectivity index (χ4v) is 2.16. The largest absolute Gasteiger partial charge is 0.480 e. The molecule has 1 fully saturated rings. The van der Waals surface area contributed by atoms with Gasteiger partial charge in [0, 0.05) is 26.2 Å². The quantitative estimate of drug-likeness (QED) is 0.702. The van der Waals surface area contributed by atoms with E-state index in [2.05, 4.69) is 4.90 Å². The summed E-state index contributed by atoms with van der Waals surface area (Å²) in [7, 11) is 3.59. The molecular weight excluding hydrogens is 208 g/mol. The second-order valence-electron chi connectivity index (χ2n) is 4.40. The van der Waals surface area contributed by atoms with E-state index in [9.17, 15) is 4.79 Å². The molecule has 0 radical (unpaired) electrons. The molecule has 0 aromatic rings. The summed E-state index contributed by atoms with van der Waals surface area (Å²) in [5, 5.41) is 8.75. The van der Waals surface area contributed by atoms with Gasteiger partial charge in [-0.2, -0.15) is 0 Å². The third-order valence-electron chi connectivity index (χ3n) is 3.10. The van der Waals surface area contributed by atoms with Crippen molar-refractivity contribution in [2.24, 2.45) is 0 Å². The Balaban J connectivity index is 2.34. The first kappa shape index (κ1) is 13.4. The zero-order chi connectivity index (χ0) is 12.0. The number of aliphatic carboxylic acids is 1. The van der Waals surface area contributed by atoms with Gasteiger partial charge in [0.15, 0.2) is 0 Å². The van der Waals surface area contributed by atoms with E-state index in [1.165, 1.54) is 0 Å². The van der Waals surface area contributed by atoms with E-state index in [-0.39, 0.29) is 6.54 Å². The van der Waals surface area contributed by atoms with Crippen molar-refractivity contribution in [2.75, 3.05) is 46.9 Å². The normalized spacial score (nSPS) is 22.6. The van der Waals surface area contributed by atoms with Crippen LogP contribution in [0.1, 0.15) is 12.8 Å². The summed E-state index contributed by atoms with van der Waals surface area (Å²) in [5.41, 5.74) is 0. The van der Waals surface area contributed by atoms with E-state index in [0.717, 1.165) is 39.1 Å². The molecule has 1 N–H and O–H groups in total. The molecule has 1 atom stereocenters. The van der Waals surface area contributed by atoms with Gasteiger partial charge in [0.25, 0.3) is 0 Å². The topological polar surface area (TPSA) is 53.0 Å². The van der Waals surface area contributed by atoms with Crippen LogP contribution >= 0.6 is 0 Å². The van der Waals surface area contributed by atoms with Crippen LogP contribution in [0.5, 0.6) is 0 Å². The first-order chi connectivity index (χ1) is 7.63. The highest BCUT2D eigenvalue weighted by molar-refractivity contribution is 5.69. The Morgan fingerprint density at radius 2 is 2.38 bits per heavy atom. The van der Waals surface area contributed by atoms with E-state index in [0.29, 0.717) is 6.04 Å². The second kappa shape index (κ2) is 6.83. The summed E-state index contributed by atoms with van der Waals surface area (Å²) in [6, 6.07) is 0.363. The van der Waals surface area contributed by atoms with Gasteiger partial charge in [-0.3, -0.25) is 14.6 Å². The lowest BCUT2D eigenvalue weighted by molar-refractivity contribution is -0.138. The maximum atomic E-state index is 10.6. The number of hydrogen-bond donors (Lipinski definition) is 1. The van der Waals surface area contributed by atoms with Crippen molar-refractivity contribution in [1.82, 2.24) is 9.80 Å². The Morgan fingerprint density at radius 3 is 3.00 bits per heavy atom. The molecule has 0 amide bonds. The van der Waals surface area contributed by atoms with Gasteiger partial charge in [0.2, 0.25) is 0 Å². The van der Waals surface area contributed by atoms with E-state index >= 15 is 0 Å². The van der Waals surface area contributed by atoms with Gasteiger partial charge < -0.3 is 9.84 Å². The Morgan fingerprint density at radius 1 is 1.62 bits per heavy atom. The zero-order valence-electron chi connectivity index (χ0n) is 10.2. The lowest BCUT2D eigenvalue weighted by atomic mass is 10.0. The number of carboxylic acids is 1. The van der Waals surface area contributed by atoms with Gasteiger partial charge in [0.1, 0.15) is 0 Å². The van der Waals surface area contributed by atoms with Gasteiger partial charge in [-0.25, -0.2) is 0 Å². The lowest BCUT2D eigenvalue weighted by Crippen LogP contribution is -2.48. The molecule has 0 saturated carbocycles. The molecule has 0 spiro atoms. The molecule has 1 unspecified atom stereocenters. The molecule has 16 heavy (non-hydrogen) atoms. The van der Waals surface area contributed by atoms with Crippen molar-refractivity contribution >= 4 is 5.97 Å². The summed E-state index contributed by atoms with van der Waals surface area (Å²) in [5.74, 6) is -0.753. The van der Waals surface area contributed by atoms with Crippen LogP contribution in [0.25, 0.3) is 0 Å². The first-order valence-corrected chi connectivity index (χ1v) is 5.77. The molecule has 5 nitrogen and oxygen atoms in total. The molecule has 1 aliphatic rings. The molecule has 5 heteroatoms. The van der Waals surface area contributed by atoms with E-state index in [4.69, 9.17) is 9.84 Å². The zero-order valence-corrected chi connectivity index (χ0v) is 10.2. The van der Waals surface area contributed by atoms with E-state index < -0.39 is 5.97 Å². The standard InChI is InChI=1S/C11H22N2O3/c1-12(9-11(14)15)10-4-3-5-13(8-10)6-7-16-2/h10H,3-9H2,1-2H3,(H,14,15). The number of carboxylic acid groups (broad SMARTS) is 1. The minimum Gasteiger partial charge on any atom is -0.480 e. The molecular formula is C11H22N2O3. The van der Waals surface area contributed by atoms with Crippen LogP contribution in [0.15, 0.2) is 0 Å². The van der Waals surface area contributed by atoms with Crippen LogP contribution in [0, 0.1) is 0 Å². The minimum absolute atomic E-state index is 0.128. The number of hydrogen-bond acceptors (Lipinski definition) is 4. The molecule has 1 saturated heterocycles. The number of likely N-dealkylation sites (tertiary alicyclic amines) is 1. The highest BCUT2D eigenvalue weighted by Crippen LogP contribution is 2.14. The van der Waals surface area contributed by atoms with Gasteiger partial charge in [-0.15, -0.1) is 0 Å². The number of ether oxygens (including phenoxy) is 1. The number of carbonyl (C=O) groups is 1. The monoisotopic (exact) mass is 230 g/mol. The fraction of sp³-hybridized carbons (Fsp3) is 0.909. The predicted octanol–water partition coefficient (Wildman–Crippen LogP) is 0.114. The minimum atomic E-state index is -0.753. The summed E-state index contributed by atoms with van der Waals surface area (Å²) in [6.07, 6.45) is 2.23. The number of methoxy groups -OCH3 is 1. The van der Waals surface area contributed by atoms with Crippen LogP contribution < -0.4 is 0 Å². The van der Waals surface area contributed by atoms with Crippen molar-refractivity contribution in [2.45, 2.75) is 18.9 Å². The van der Waals surface area contributed by atoms with E-state index in [1.807, 2.05) is 11.9 Å². The van der Waals surface area contributed by atoms with Gasteiger partial charge >= 0.3 is 5.97 Å². The molecule has 0 aromatic heterocycles. The fourth-order valence-electron chi connectivity index (χ4n) is 2.16. The van der Waals surface area contributed by atoms with Crippen LogP contribution in [0.3, 0.4) is 0 Å². The number of piperidine rings is 1. The third kappa shape index (κ3) is 4.47. The van der Waals surface area contributed by atoms with Crippen molar-refractivity contribution in [1.29, 1.82) is 0 Å². The molecule has 0 bridgehead atoms. The smallest absolute Gasteiger partial charge is 0.317 e. The maximum Gasteiger partial charge on any atom is 0.317 e. The SMILES string of the molecule is COCCN1CCCC(N(C)CC(=O)O)C1. The Hall–Kier alpha value is -0.650. The molecule has 1 rings (SSSR count). The lowest BCUT2D eigenvalue weighted by Gasteiger charge is -2.36. The second-order valence-corrected chi connectivity index (χ2v) is 4.40. The van der Waals surface area contributed by atoms with Crippen LogP contribution in [0.4, 0.5) is 0 Å². The average molecular weight is 230 g/mol. The first-order valence-electron chi connectivity index (χ1n) is 5.77. The van der Waals surface area contributed by atoms with Crippen LogP contribution in [0.2, 0.25) is 0 Å². The molecule has 1 heterocycles. The highest BCUT2D eigenvalue weighted by atomic mass is 16.5. The van der Waals surface area contributed by atoms with Gasteiger partial charge in [-0.05, 0) is 26.4 Å². The van der Waals surface area contributed by atoms with Crippen molar-refractivity contribution in [3.8, 4) is 0 Å².